The number of hydrazine groups is 1. The molecule has 8 heteroatoms. The molecule has 0 spiro atoms. The van der Waals surface area contributed by atoms with Gasteiger partial charge in [-0.2, -0.15) is 0 Å². The summed E-state index contributed by atoms with van der Waals surface area (Å²) in [6.07, 6.45) is 3.31. The number of nitrogens with two attached hydrogens (primary N) is 1. The lowest BCUT2D eigenvalue weighted by molar-refractivity contribution is 0.856. The number of hydrogen-bond donors (Lipinski definition) is 3. The Hall–Kier alpha value is -1.25. The Morgan fingerprint density at radius 3 is 2.67 bits per heavy atom. The van der Waals surface area contributed by atoms with Gasteiger partial charge in [0.05, 0.1) is 6.04 Å². The van der Waals surface area contributed by atoms with E-state index in [0.29, 0.717) is 16.1 Å². The van der Waals surface area contributed by atoms with Crippen LogP contribution in [0.3, 0.4) is 0 Å². The minimum atomic E-state index is 0.0699. The fourth-order valence-electron chi connectivity index (χ4n) is 1.41. The molecule has 0 aliphatic heterocycles. The first-order valence-electron chi connectivity index (χ1n) is 5.27. The molecular weight excluding hydrogens is 316 g/mol. The van der Waals surface area contributed by atoms with E-state index in [1.807, 2.05) is 20.0 Å². The van der Waals surface area contributed by atoms with Crippen LogP contribution in [0.15, 0.2) is 17.0 Å². The van der Waals surface area contributed by atoms with Crippen LogP contribution in [0.1, 0.15) is 22.9 Å². The number of anilines is 2. The fourth-order valence-corrected chi connectivity index (χ4v) is 2.62. The van der Waals surface area contributed by atoms with Crippen LogP contribution >= 0.6 is 27.3 Å². The Morgan fingerprint density at radius 1 is 1.33 bits per heavy atom. The predicted molar refractivity (Wildman–Crippen MR) is 76.4 cm³/mol. The summed E-state index contributed by atoms with van der Waals surface area (Å²) in [6, 6.07) is 0.0699. The standard InChI is InChI=1S/C10H13BrN6S/c1-5-3-13-10(18-5)6(2)16-8-7(11)9(17-12)15-4-14-8/h3-4,6H,12H2,1-2H3,(H2,14,15,16,17). The smallest absolute Gasteiger partial charge is 0.159 e. The van der Waals surface area contributed by atoms with Gasteiger partial charge in [-0.25, -0.2) is 20.8 Å². The molecule has 0 aliphatic rings. The Kier molecular flexibility index (Phi) is 4.10. The van der Waals surface area contributed by atoms with Crippen molar-refractivity contribution in [2.45, 2.75) is 19.9 Å². The lowest BCUT2D eigenvalue weighted by atomic mass is 10.3. The molecule has 0 fully saturated rings. The van der Waals surface area contributed by atoms with Gasteiger partial charge in [0.15, 0.2) is 5.82 Å². The molecule has 0 saturated carbocycles. The third kappa shape index (κ3) is 2.77. The molecular formula is C10H13BrN6S. The van der Waals surface area contributed by atoms with E-state index in [1.54, 1.807) is 11.3 Å². The van der Waals surface area contributed by atoms with Crippen molar-refractivity contribution in [1.82, 2.24) is 15.0 Å². The van der Waals surface area contributed by atoms with Gasteiger partial charge in [-0.05, 0) is 29.8 Å². The SMILES string of the molecule is Cc1cnc(C(C)Nc2ncnc(NN)c2Br)s1. The van der Waals surface area contributed by atoms with E-state index in [1.165, 1.54) is 11.2 Å². The molecule has 0 bridgehead atoms. The second-order valence-corrected chi connectivity index (χ2v) is 5.76. The lowest BCUT2D eigenvalue weighted by Gasteiger charge is -2.14. The maximum atomic E-state index is 5.36. The van der Waals surface area contributed by atoms with Gasteiger partial charge in [0.25, 0.3) is 0 Å². The number of aromatic nitrogens is 3. The molecule has 2 heterocycles. The van der Waals surface area contributed by atoms with E-state index in [9.17, 15) is 0 Å². The molecule has 0 aromatic carbocycles. The fraction of sp³-hybridized carbons (Fsp3) is 0.300. The Morgan fingerprint density at radius 2 is 2.06 bits per heavy atom. The van der Waals surface area contributed by atoms with Crippen LogP contribution in [0.5, 0.6) is 0 Å². The van der Waals surface area contributed by atoms with E-state index < -0.39 is 0 Å². The minimum absolute atomic E-state index is 0.0699. The highest BCUT2D eigenvalue weighted by molar-refractivity contribution is 9.10. The number of rotatable bonds is 4. The number of nitrogen functional groups attached to an aromatic ring is 1. The van der Waals surface area contributed by atoms with Crippen LogP contribution < -0.4 is 16.6 Å². The number of nitrogens with one attached hydrogen (secondary N) is 2. The van der Waals surface area contributed by atoms with Crippen LogP contribution in [0, 0.1) is 6.92 Å². The van der Waals surface area contributed by atoms with Crippen molar-refractivity contribution < 1.29 is 0 Å². The summed E-state index contributed by atoms with van der Waals surface area (Å²) >= 11 is 5.06. The van der Waals surface area contributed by atoms with Crippen molar-refractivity contribution in [2.24, 2.45) is 5.84 Å². The highest BCUT2D eigenvalue weighted by atomic mass is 79.9. The van der Waals surface area contributed by atoms with E-state index in [2.05, 4.69) is 41.6 Å². The summed E-state index contributed by atoms with van der Waals surface area (Å²) in [5.41, 5.74) is 2.50. The molecule has 1 unspecified atom stereocenters. The second kappa shape index (κ2) is 5.59. The zero-order valence-electron chi connectivity index (χ0n) is 9.94. The van der Waals surface area contributed by atoms with Gasteiger partial charge in [-0.3, -0.25) is 0 Å². The van der Waals surface area contributed by atoms with Gasteiger partial charge >= 0.3 is 0 Å². The predicted octanol–water partition coefficient (Wildman–Crippen LogP) is 2.46. The molecule has 2 aromatic rings. The van der Waals surface area contributed by atoms with Crippen LogP contribution in [0.25, 0.3) is 0 Å². The van der Waals surface area contributed by atoms with Crippen molar-refractivity contribution >= 4 is 38.9 Å². The van der Waals surface area contributed by atoms with Crippen LogP contribution in [0.2, 0.25) is 0 Å². The highest BCUT2D eigenvalue weighted by Gasteiger charge is 2.13. The summed E-state index contributed by atoms with van der Waals surface area (Å²) < 4.78 is 0.702. The van der Waals surface area contributed by atoms with Crippen molar-refractivity contribution in [3.63, 3.8) is 0 Å². The Labute approximate surface area is 117 Å². The molecule has 0 aliphatic carbocycles. The lowest BCUT2D eigenvalue weighted by Crippen LogP contribution is -2.13. The normalized spacial score (nSPS) is 12.2. The molecule has 0 amide bonds. The summed E-state index contributed by atoms with van der Waals surface area (Å²) in [5, 5.41) is 4.28. The largest absolute Gasteiger partial charge is 0.360 e. The van der Waals surface area contributed by atoms with Crippen LogP contribution in [-0.2, 0) is 0 Å². The maximum Gasteiger partial charge on any atom is 0.159 e. The number of aryl methyl sites for hydroxylation is 1. The number of hydrogen-bond acceptors (Lipinski definition) is 7. The van der Waals surface area contributed by atoms with Crippen LogP contribution in [0.4, 0.5) is 11.6 Å². The van der Waals surface area contributed by atoms with Gasteiger partial charge in [-0.1, -0.05) is 0 Å². The molecule has 18 heavy (non-hydrogen) atoms. The molecule has 0 saturated heterocycles. The summed E-state index contributed by atoms with van der Waals surface area (Å²) in [4.78, 5) is 13.7. The first-order valence-corrected chi connectivity index (χ1v) is 6.88. The van der Waals surface area contributed by atoms with E-state index in [-0.39, 0.29) is 6.04 Å². The van der Waals surface area contributed by atoms with Crippen molar-refractivity contribution in [3.8, 4) is 0 Å². The highest BCUT2D eigenvalue weighted by Crippen LogP contribution is 2.29. The third-order valence-corrected chi connectivity index (χ3v) is 4.14. The summed E-state index contributed by atoms with van der Waals surface area (Å²) in [7, 11) is 0. The molecule has 96 valence electrons. The number of thiazole rings is 1. The number of nitrogens with zero attached hydrogens (tertiary/aromatic N) is 3. The molecule has 0 radical (unpaired) electrons. The van der Waals surface area contributed by atoms with Crippen molar-refractivity contribution in [3.05, 3.63) is 26.9 Å². The average molecular weight is 329 g/mol. The molecule has 6 nitrogen and oxygen atoms in total. The van der Waals surface area contributed by atoms with Crippen molar-refractivity contribution in [1.29, 1.82) is 0 Å². The van der Waals surface area contributed by atoms with E-state index in [4.69, 9.17) is 5.84 Å². The zero-order valence-corrected chi connectivity index (χ0v) is 12.3. The van der Waals surface area contributed by atoms with Crippen molar-refractivity contribution in [2.75, 3.05) is 10.7 Å². The minimum Gasteiger partial charge on any atom is -0.360 e. The van der Waals surface area contributed by atoms with Gasteiger partial charge in [0.1, 0.15) is 21.6 Å². The zero-order chi connectivity index (χ0) is 13.1. The molecule has 4 N–H and O–H groups in total. The molecule has 2 rings (SSSR count). The Balaban J connectivity index is 2.19. The second-order valence-electron chi connectivity index (χ2n) is 3.70. The summed E-state index contributed by atoms with van der Waals surface area (Å²) in [6.45, 7) is 4.06. The summed E-state index contributed by atoms with van der Waals surface area (Å²) in [5.74, 6) is 6.57. The number of halogens is 1. The average Bonchev–Trinajstić information content (AvgIpc) is 2.78. The van der Waals surface area contributed by atoms with Gasteiger partial charge in [0, 0.05) is 11.1 Å². The van der Waals surface area contributed by atoms with Gasteiger partial charge in [-0.15, -0.1) is 11.3 Å². The quantitative estimate of drug-likeness (QED) is 0.590. The topological polar surface area (TPSA) is 88.8 Å². The van der Waals surface area contributed by atoms with E-state index >= 15 is 0 Å². The monoisotopic (exact) mass is 328 g/mol. The Bertz CT molecular complexity index is 543. The third-order valence-electron chi connectivity index (χ3n) is 2.29. The van der Waals surface area contributed by atoms with Gasteiger partial charge in [0.2, 0.25) is 0 Å². The van der Waals surface area contributed by atoms with Crippen LogP contribution in [-0.4, -0.2) is 15.0 Å². The maximum absolute atomic E-state index is 5.36. The van der Waals surface area contributed by atoms with Gasteiger partial charge < -0.3 is 10.7 Å². The molecule has 2 aromatic heterocycles. The first-order chi connectivity index (χ1) is 8.61. The van der Waals surface area contributed by atoms with E-state index in [0.717, 1.165) is 5.01 Å². The molecule has 1 atom stereocenters. The first kappa shape index (κ1) is 13.2.